The highest BCUT2D eigenvalue weighted by Gasteiger charge is 2.49. The van der Waals surface area contributed by atoms with Gasteiger partial charge in [-0.2, -0.15) is 0 Å². The van der Waals surface area contributed by atoms with Gasteiger partial charge in [-0.25, -0.2) is 0 Å². The van der Waals surface area contributed by atoms with Crippen LogP contribution in [0.25, 0.3) is 0 Å². The smallest absolute Gasteiger partial charge is 0.0903 e. The second-order valence-corrected chi connectivity index (χ2v) is 8.43. The van der Waals surface area contributed by atoms with Crippen molar-refractivity contribution in [2.45, 2.75) is 33.7 Å². The van der Waals surface area contributed by atoms with Crippen LogP contribution in [0.3, 0.4) is 0 Å². The molecule has 0 bridgehead atoms. The summed E-state index contributed by atoms with van der Waals surface area (Å²) in [4.78, 5) is 2.55. The van der Waals surface area contributed by atoms with Gasteiger partial charge in [0.2, 0.25) is 0 Å². The number of hydrogen-bond acceptors (Lipinski definition) is 4. The van der Waals surface area contributed by atoms with Gasteiger partial charge in [-0.05, 0) is 59.4 Å². The van der Waals surface area contributed by atoms with Crippen LogP contribution >= 0.6 is 11.8 Å². The molecular formula is C22H21N3S. The van der Waals surface area contributed by atoms with Gasteiger partial charge in [-0.15, -0.1) is 0 Å². The van der Waals surface area contributed by atoms with Crippen molar-refractivity contribution >= 4 is 17.4 Å². The molecule has 5 rings (SSSR count). The van der Waals surface area contributed by atoms with E-state index >= 15 is 0 Å². The van der Waals surface area contributed by atoms with E-state index in [2.05, 4.69) is 54.6 Å². The lowest BCUT2D eigenvalue weighted by molar-refractivity contribution is 0.329. The fourth-order valence-corrected chi connectivity index (χ4v) is 5.84. The molecule has 1 heterocycles. The Morgan fingerprint density at radius 3 is 2.15 bits per heavy atom. The van der Waals surface area contributed by atoms with Crippen LogP contribution in [-0.4, -0.2) is 0 Å². The average molecular weight is 359 g/mol. The first kappa shape index (κ1) is 15.9. The number of anilines is 1. The Morgan fingerprint density at radius 1 is 0.692 bits per heavy atom. The van der Waals surface area contributed by atoms with E-state index in [9.17, 15) is 0 Å². The zero-order valence-corrected chi connectivity index (χ0v) is 15.2. The first-order valence-electron chi connectivity index (χ1n) is 8.87. The van der Waals surface area contributed by atoms with E-state index in [1.165, 1.54) is 26.5 Å². The molecule has 0 saturated heterocycles. The summed E-state index contributed by atoms with van der Waals surface area (Å²) >= 11 is 1.82. The Labute approximate surface area is 157 Å². The lowest BCUT2D eigenvalue weighted by Crippen LogP contribution is -2.53. The third kappa shape index (κ3) is 2.04. The maximum atomic E-state index is 6.50. The minimum atomic E-state index is -0.804. The van der Waals surface area contributed by atoms with Gasteiger partial charge < -0.3 is 17.2 Å². The maximum absolute atomic E-state index is 6.50. The quantitative estimate of drug-likeness (QED) is 0.420. The molecule has 26 heavy (non-hydrogen) atoms. The van der Waals surface area contributed by atoms with Crippen LogP contribution in [0.5, 0.6) is 0 Å². The molecule has 130 valence electrons. The molecule has 3 aromatic rings. The van der Waals surface area contributed by atoms with E-state index in [0.29, 0.717) is 0 Å². The van der Waals surface area contributed by atoms with Gasteiger partial charge in [0.05, 0.1) is 5.66 Å². The molecule has 0 amide bonds. The third-order valence-electron chi connectivity index (χ3n) is 5.83. The first-order chi connectivity index (χ1) is 12.5. The predicted molar refractivity (Wildman–Crippen MR) is 107 cm³/mol. The second kappa shape index (κ2) is 5.36. The molecule has 1 aliphatic heterocycles. The van der Waals surface area contributed by atoms with Gasteiger partial charge in [0.15, 0.2) is 0 Å². The van der Waals surface area contributed by atoms with Gasteiger partial charge in [0.25, 0.3) is 0 Å². The van der Waals surface area contributed by atoms with Crippen molar-refractivity contribution in [3.05, 3.63) is 89.0 Å². The van der Waals surface area contributed by atoms with Crippen LogP contribution in [-0.2, 0) is 11.1 Å². The van der Waals surface area contributed by atoms with E-state index in [1.54, 1.807) is 0 Å². The summed E-state index contributed by atoms with van der Waals surface area (Å²) in [6.07, 6.45) is 1.59. The van der Waals surface area contributed by atoms with Crippen LogP contribution in [0.1, 0.15) is 35.1 Å². The van der Waals surface area contributed by atoms with Gasteiger partial charge in [0, 0.05) is 20.9 Å². The molecule has 2 aliphatic rings. The van der Waals surface area contributed by atoms with Crippen molar-refractivity contribution in [1.82, 2.24) is 0 Å². The van der Waals surface area contributed by atoms with Crippen LogP contribution in [0.4, 0.5) is 5.69 Å². The van der Waals surface area contributed by atoms with E-state index < -0.39 is 5.66 Å². The maximum Gasteiger partial charge on any atom is 0.0903 e. The van der Waals surface area contributed by atoms with Crippen LogP contribution in [0.2, 0.25) is 0 Å². The summed E-state index contributed by atoms with van der Waals surface area (Å²) < 4.78 is 0. The molecule has 0 radical (unpaired) electrons. The van der Waals surface area contributed by atoms with Crippen LogP contribution in [0.15, 0.2) is 76.5 Å². The first-order valence-corrected chi connectivity index (χ1v) is 9.69. The Balaban J connectivity index is 1.91. The average Bonchev–Trinajstić information content (AvgIpc) is 2.65. The minimum Gasteiger partial charge on any atom is -0.399 e. The van der Waals surface area contributed by atoms with Gasteiger partial charge >= 0.3 is 0 Å². The van der Waals surface area contributed by atoms with Crippen molar-refractivity contribution in [3.63, 3.8) is 0 Å². The lowest BCUT2D eigenvalue weighted by Gasteiger charge is -2.48. The number of benzene rings is 3. The molecule has 0 saturated carbocycles. The molecule has 0 fully saturated rings. The fourth-order valence-electron chi connectivity index (χ4n) is 4.63. The molecule has 1 unspecified atom stereocenters. The molecule has 4 heteroatoms. The SMILES string of the molecule is Nc1ccc2c(c1)C1(CCC(N)(N)c3ccccc31)c1ccccc1S2. The fraction of sp³-hybridized carbons (Fsp3) is 0.182. The monoisotopic (exact) mass is 359 g/mol. The van der Waals surface area contributed by atoms with E-state index in [0.717, 1.165) is 24.1 Å². The Hall–Kier alpha value is -2.27. The zero-order chi connectivity index (χ0) is 17.9. The molecule has 1 spiro atoms. The summed E-state index contributed by atoms with van der Waals surface area (Å²) in [5.74, 6) is 0. The highest BCUT2D eigenvalue weighted by atomic mass is 32.2. The number of nitrogen functional groups attached to an aromatic ring is 1. The number of fused-ring (bicyclic) bond motifs is 6. The Bertz CT molecular complexity index is 1030. The van der Waals surface area contributed by atoms with E-state index in [1.807, 2.05) is 23.9 Å². The zero-order valence-electron chi connectivity index (χ0n) is 14.4. The summed E-state index contributed by atoms with van der Waals surface area (Å²) in [7, 11) is 0. The van der Waals surface area contributed by atoms with Gasteiger partial charge in [0.1, 0.15) is 0 Å². The topological polar surface area (TPSA) is 78.1 Å². The summed E-state index contributed by atoms with van der Waals surface area (Å²) in [5.41, 5.74) is 23.8. The molecule has 1 aliphatic carbocycles. The summed E-state index contributed by atoms with van der Waals surface area (Å²) in [6, 6.07) is 23.3. The number of nitrogens with two attached hydrogens (primary N) is 3. The Morgan fingerprint density at radius 2 is 1.35 bits per heavy atom. The van der Waals surface area contributed by atoms with Crippen molar-refractivity contribution in [2.75, 3.05) is 5.73 Å². The lowest BCUT2D eigenvalue weighted by atomic mass is 9.60. The van der Waals surface area contributed by atoms with Crippen LogP contribution in [0, 0.1) is 0 Å². The summed E-state index contributed by atoms with van der Waals surface area (Å²) in [6.45, 7) is 0. The molecule has 0 aromatic heterocycles. The largest absolute Gasteiger partial charge is 0.399 e. The van der Waals surface area contributed by atoms with E-state index in [-0.39, 0.29) is 5.41 Å². The van der Waals surface area contributed by atoms with Crippen molar-refractivity contribution in [1.29, 1.82) is 0 Å². The normalized spacial score (nSPS) is 22.4. The molecule has 3 aromatic carbocycles. The third-order valence-corrected chi connectivity index (χ3v) is 6.98. The predicted octanol–water partition coefficient (Wildman–Crippen LogP) is 3.93. The second-order valence-electron chi connectivity index (χ2n) is 7.35. The molecular weight excluding hydrogens is 338 g/mol. The standard InChI is InChI=1S/C22H21N3S/c23-14-9-10-20-18(13-14)21(17-7-3-4-8-19(17)26-20)11-12-22(24,25)16-6-2-1-5-15(16)21/h1-10,13H,11-12,23-25H2. The highest BCUT2D eigenvalue weighted by molar-refractivity contribution is 7.99. The van der Waals surface area contributed by atoms with Gasteiger partial charge in [-0.3, -0.25) is 0 Å². The van der Waals surface area contributed by atoms with Crippen molar-refractivity contribution in [2.24, 2.45) is 11.5 Å². The van der Waals surface area contributed by atoms with Crippen LogP contribution < -0.4 is 17.2 Å². The highest BCUT2D eigenvalue weighted by Crippen LogP contribution is 2.58. The van der Waals surface area contributed by atoms with Crippen molar-refractivity contribution in [3.8, 4) is 0 Å². The molecule has 6 N–H and O–H groups in total. The van der Waals surface area contributed by atoms with E-state index in [4.69, 9.17) is 17.2 Å². The Kier molecular flexibility index (Phi) is 3.29. The minimum absolute atomic E-state index is 0.259. The molecule has 1 atom stereocenters. The van der Waals surface area contributed by atoms with Crippen molar-refractivity contribution < 1.29 is 0 Å². The van der Waals surface area contributed by atoms with Gasteiger partial charge in [-0.1, -0.05) is 54.2 Å². The number of rotatable bonds is 0. The summed E-state index contributed by atoms with van der Waals surface area (Å²) in [5, 5.41) is 0. The molecule has 3 nitrogen and oxygen atoms in total. The number of hydrogen-bond donors (Lipinski definition) is 3.